The zero-order valence-corrected chi connectivity index (χ0v) is 9.45. The first kappa shape index (κ1) is 12.3. The molecule has 1 aromatic carbocycles. The molecule has 0 saturated heterocycles. The standard InChI is InChI=1S/C11H16N2O3/c1-3-15-9-5-4-6-10(7-9)16-8-11(14)13-12-2/h4-7,12H,3,8H2,1-2H3,(H,13,14). The topological polar surface area (TPSA) is 59.6 Å². The van der Waals surface area contributed by atoms with Crippen LogP contribution in [0.2, 0.25) is 0 Å². The van der Waals surface area contributed by atoms with E-state index in [1.165, 1.54) is 0 Å². The molecule has 0 spiro atoms. The van der Waals surface area contributed by atoms with Crippen LogP contribution in [0.5, 0.6) is 11.5 Å². The molecule has 0 aliphatic carbocycles. The first-order chi connectivity index (χ1) is 7.76. The van der Waals surface area contributed by atoms with Crippen molar-refractivity contribution in [1.29, 1.82) is 0 Å². The summed E-state index contributed by atoms with van der Waals surface area (Å²) in [5, 5.41) is 0. The van der Waals surface area contributed by atoms with Crippen LogP contribution in [0.15, 0.2) is 24.3 Å². The molecule has 1 aromatic rings. The molecule has 88 valence electrons. The number of hydrogen-bond donors (Lipinski definition) is 2. The Morgan fingerprint density at radius 2 is 2.00 bits per heavy atom. The Kier molecular flexibility index (Phi) is 5.15. The van der Waals surface area contributed by atoms with Crippen molar-refractivity contribution in [3.63, 3.8) is 0 Å². The predicted octanol–water partition coefficient (Wildman–Crippen LogP) is 0.715. The molecule has 0 aromatic heterocycles. The summed E-state index contributed by atoms with van der Waals surface area (Å²) in [5.41, 5.74) is 4.94. The molecule has 0 unspecified atom stereocenters. The van der Waals surface area contributed by atoms with Gasteiger partial charge in [-0.25, -0.2) is 5.43 Å². The smallest absolute Gasteiger partial charge is 0.271 e. The van der Waals surface area contributed by atoms with Crippen molar-refractivity contribution < 1.29 is 14.3 Å². The van der Waals surface area contributed by atoms with Crippen LogP contribution in [0.25, 0.3) is 0 Å². The largest absolute Gasteiger partial charge is 0.494 e. The van der Waals surface area contributed by atoms with E-state index in [9.17, 15) is 4.79 Å². The van der Waals surface area contributed by atoms with E-state index in [1.807, 2.05) is 19.1 Å². The molecule has 5 heteroatoms. The Bertz CT molecular complexity index is 342. The molecule has 0 aliphatic rings. The minimum Gasteiger partial charge on any atom is -0.494 e. The monoisotopic (exact) mass is 224 g/mol. The van der Waals surface area contributed by atoms with E-state index in [4.69, 9.17) is 9.47 Å². The van der Waals surface area contributed by atoms with Crippen LogP contribution < -0.4 is 20.3 Å². The highest BCUT2D eigenvalue weighted by molar-refractivity contribution is 5.76. The summed E-state index contributed by atoms with van der Waals surface area (Å²) in [7, 11) is 1.62. The lowest BCUT2D eigenvalue weighted by atomic mass is 10.3. The van der Waals surface area contributed by atoms with Gasteiger partial charge in [0.05, 0.1) is 6.61 Å². The third kappa shape index (κ3) is 4.18. The highest BCUT2D eigenvalue weighted by atomic mass is 16.5. The quantitative estimate of drug-likeness (QED) is 0.699. The Morgan fingerprint density at radius 3 is 2.62 bits per heavy atom. The number of nitrogens with one attached hydrogen (secondary N) is 2. The lowest BCUT2D eigenvalue weighted by Crippen LogP contribution is -2.37. The van der Waals surface area contributed by atoms with E-state index >= 15 is 0 Å². The summed E-state index contributed by atoms with van der Waals surface area (Å²) >= 11 is 0. The summed E-state index contributed by atoms with van der Waals surface area (Å²) < 4.78 is 10.6. The summed E-state index contributed by atoms with van der Waals surface area (Å²) in [6.45, 7) is 2.48. The minimum atomic E-state index is -0.232. The minimum absolute atomic E-state index is 0.0313. The van der Waals surface area contributed by atoms with Crippen molar-refractivity contribution in [3.05, 3.63) is 24.3 Å². The molecule has 0 bridgehead atoms. The van der Waals surface area contributed by atoms with Crippen molar-refractivity contribution in [2.75, 3.05) is 20.3 Å². The zero-order valence-electron chi connectivity index (χ0n) is 9.45. The van der Waals surface area contributed by atoms with Gasteiger partial charge in [-0.1, -0.05) is 6.07 Å². The molecule has 0 heterocycles. The summed E-state index contributed by atoms with van der Waals surface area (Å²) in [4.78, 5) is 11.1. The summed E-state index contributed by atoms with van der Waals surface area (Å²) in [6, 6.07) is 7.17. The maximum absolute atomic E-state index is 11.1. The first-order valence-corrected chi connectivity index (χ1v) is 5.07. The maximum atomic E-state index is 11.1. The molecular formula is C11H16N2O3. The van der Waals surface area contributed by atoms with Crippen molar-refractivity contribution in [2.45, 2.75) is 6.92 Å². The van der Waals surface area contributed by atoms with Crippen LogP contribution in [-0.2, 0) is 4.79 Å². The fourth-order valence-corrected chi connectivity index (χ4v) is 1.14. The van der Waals surface area contributed by atoms with Gasteiger partial charge in [0.2, 0.25) is 0 Å². The molecule has 2 N–H and O–H groups in total. The van der Waals surface area contributed by atoms with E-state index < -0.39 is 0 Å². The van der Waals surface area contributed by atoms with Gasteiger partial charge in [0.1, 0.15) is 11.5 Å². The molecular weight excluding hydrogens is 208 g/mol. The first-order valence-electron chi connectivity index (χ1n) is 5.07. The second-order valence-electron chi connectivity index (χ2n) is 2.99. The van der Waals surface area contributed by atoms with Crippen molar-refractivity contribution >= 4 is 5.91 Å². The van der Waals surface area contributed by atoms with Gasteiger partial charge < -0.3 is 9.47 Å². The van der Waals surface area contributed by atoms with E-state index in [-0.39, 0.29) is 12.5 Å². The third-order valence-electron chi connectivity index (χ3n) is 1.75. The fourth-order valence-electron chi connectivity index (χ4n) is 1.14. The SMILES string of the molecule is CCOc1cccc(OCC(=O)NNC)c1. The van der Waals surface area contributed by atoms with Gasteiger partial charge in [-0.3, -0.25) is 10.2 Å². The van der Waals surface area contributed by atoms with E-state index in [0.717, 1.165) is 5.75 Å². The molecule has 0 atom stereocenters. The maximum Gasteiger partial charge on any atom is 0.271 e. The number of amides is 1. The van der Waals surface area contributed by atoms with Crippen LogP contribution in [0, 0.1) is 0 Å². The van der Waals surface area contributed by atoms with Gasteiger partial charge in [-0.15, -0.1) is 0 Å². The number of carbonyl (C=O) groups is 1. The number of hydrazine groups is 1. The highest BCUT2D eigenvalue weighted by Gasteiger charge is 2.01. The fraction of sp³-hybridized carbons (Fsp3) is 0.364. The Hall–Kier alpha value is -1.75. The van der Waals surface area contributed by atoms with E-state index in [0.29, 0.717) is 12.4 Å². The normalized spacial score (nSPS) is 9.62. The average Bonchev–Trinajstić information content (AvgIpc) is 2.28. The molecule has 1 rings (SSSR count). The van der Waals surface area contributed by atoms with Gasteiger partial charge in [0.15, 0.2) is 6.61 Å². The number of carbonyl (C=O) groups excluding carboxylic acids is 1. The molecule has 16 heavy (non-hydrogen) atoms. The molecule has 0 radical (unpaired) electrons. The lowest BCUT2D eigenvalue weighted by molar-refractivity contribution is -0.123. The number of ether oxygens (including phenoxy) is 2. The summed E-state index contributed by atoms with van der Waals surface area (Å²) in [6.07, 6.45) is 0. The van der Waals surface area contributed by atoms with E-state index in [1.54, 1.807) is 19.2 Å². The van der Waals surface area contributed by atoms with Crippen LogP contribution in [0.3, 0.4) is 0 Å². The van der Waals surface area contributed by atoms with Gasteiger partial charge in [-0.05, 0) is 19.1 Å². The molecule has 0 aliphatic heterocycles. The number of rotatable bonds is 6. The Morgan fingerprint density at radius 1 is 1.31 bits per heavy atom. The van der Waals surface area contributed by atoms with Crippen LogP contribution >= 0.6 is 0 Å². The number of hydrogen-bond acceptors (Lipinski definition) is 4. The predicted molar refractivity (Wildman–Crippen MR) is 60.3 cm³/mol. The molecule has 5 nitrogen and oxygen atoms in total. The molecule has 1 amide bonds. The van der Waals surface area contributed by atoms with Gasteiger partial charge in [-0.2, -0.15) is 0 Å². The number of benzene rings is 1. The average molecular weight is 224 g/mol. The highest BCUT2D eigenvalue weighted by Crippen LogP contribution is 2.19. The second-order valence-corrected chi connectivity index (χ2v) is 2.99. The lowest BCUT2D eigenvalue weighted by Gasteiger charge is -2.08. The van der Waals surface area contributed by atoms with Crippen LogP contribution in [0.1, 0.15) is 6.92 Å². The van der Waals surface area contributed by atoms with Crippen LogP contribution in [0.4, 0.5) is 0 Å². The zero-order chi connectivity index (χ0) is 11.8. The third-order valence-corrected chi connectivity index (χ3v) is 1.75. The molecule has 0 saturated carbocycles. The Labute approximate surface area is 94.7 Å². The summed E-state index contributed by atoms with van der Waals surface area (Å²) in [5.74, 6) is 1.11. The van der Waals surface area contributed by atoms with Crippen molar-refractivity contribution in [3.8, 4) is 11.5 Å². The Balaban J connectivity index is 2.47. The van der Waals surface area contributed by atoms with Gasteiger partial charge in [0, 0.05) is 13.1 Å². The molecule has 0 fully saturated rings. The second kappa shape index (κ2) is 6.68. The van der Waals surface area contributed by atoms with Crippen molar-refractivity contribution in [1.82, 2.24) is 10.9 Å². The van der Waals surface area contributed by atoms with Gasteiger partial charge in [0.25, 0.3) is 5.91 Å². The van der Waals surface area contributed by atoms with Crippen molar-refractivity contribution in [2.24, 2.45) is 0 Å². The van der Waals surface area contributed by atoms with Gasteiger partial charge >= 0.3 is 0 Å². The van der Waals surface area contributed by atoms with E-state index in [2.05, 4.69) is 10.9 Å². The van der Waals surface area contributed by atoms with Crippen LogP contribution in [-0.4, -0.2) is 26.2 Å².